The lowest BCUT2D eigenvalue weighted by Crippen LogP contribution is -2.41. The second kappa shape index (κ2) is 8.11. The molecular formula is C18H16N2O4S2. The first-order chi connectivity index (χ1) is 12.5. The predicted octanol–water partition coefficient (Wildman–Crippen LogP) is 3.45. The number of imide groups is 1. The molecule has 0 saturated heterocycles. The molecule has 0 unspecified atom stereocenters. The quantitative estimate of drug-likeness (QED) is 0.656. The number of carbonyl (C=O) groups excluding carboxylic acids is 3. The van der Waals surface area contributed by atoms with Gasteiger partial charge in [0.1, 0.15) is 4.88 Å². The summed E-state index contributed by atoms with van der Waals surface area (Å²) in [7, 11) is 0. The maximum atomic E-state index is 12.2. The van der Waals surface area contributed by atoms with Crippen LogP contribution < -0.4 is 10.6 Å². The van der Waals surface area contributed by atoms with E-state index in [1.165, 1.54) is 22.7 Å². The summed E-state index contributed by atoms with van der Waals surface area (Å²) in [5.74, 6) is -1.25. The number of fused-ring (bicyclic) bond motifs is 1. The fourth-order valence-corrected chi connectivity index (χ4v) is 4.10. The van der Waals surface area contributed by atoms with Gasteiger partial charge in [-0.2, -0.15) is 0 Å². The molecule has 8 heteroatoms. The molecular weight excluding hydrogens is 372 g/mol. The van der Waals surface area contributed by atoms with Crippen LogP contribution in [0.2, 0.25) is 0 Å². The van der Waals surface area contributed by atoms with Crippen molar-refractivity contribution in [3.8, 4) is 0 Å². The number of rotatable bonds is 5. The zero-order chi connectivity index (χ0) is 18.5. The fourth-order valence-electron chi connectivity index (χ4n) is 2.35. The van der Waals surface area contributed by atoms with Gasteiger partial charge in [0.2, 0.25) is 0 Å². The molecule has 0 spiro atoms. The lowest BCUT2D eigenvalue weighted by atomic mass is 10.1. The minimum Gasteiger partial charge on any atom is -0.451 e. The Kier molecular flexibility index (Phi) is 5.65. The molecule has 134 valence electrons. The van der Waals surface area contributed by atoms with Gasteiger partial charge in [-0.3, -0.25) is 10.1 Å². The molecule has 6 nitrogen and oxygen atoms in total. The molecule has 2 heterocycles. The summed E-state index contributed by atoms with van der Waals surface area (Å²) in [6.07, 6.45) is 0. The number of thiophene rings is 2. The first-order valence-electron chi connectivity index (χ1n) is 7.80. The molecule has 0 aliphatic carbocycles. The number of amides is 3. The van der Waals surface area contributed by atoms with E-state index in [9.17, 15) is 14.4 Å². The van der Waals surface area contributed by atoms with Crippen molar-refractivity contribution in [3.63, 3.8) is 0 Å². The molecule has 0 fully saturated rings. The summed E-state index contributed by atoms with van der Waals surface area (Å²) >= 11 is 2.82. The van der Waals surface area contributed by atoms with Gasteiger partial charge in [-0.1, -0.05) is 24.3 Å². The average Bonchev–Trinajstić information content (AvgIpc) is 3.26. The highest BCUT2D eigenvalue weighted by Crippen LogP contribution is 2.30. The minimum atomic E-state index is -0.680. The van der Waals surface area contributed by atoms with E-state index in [1.807, 2.05) is 48.7 Å². The first-order valence-corrected chi connectivity index (χ1v) is 9.49. The van der Waals surface area contributed by atoms with Crippen molar-refractivity contribution in [1.82, 2.24) is 10.6 Å². The first kappa shape index (κ1) is 18.1. The van der Waals surface area contributed by atoms with E-state index in [1.54, 1.807) is 0 Å². The van der Waals surface area contributed by atoms with Crippen molar-refractivity contribution in [1.29, 1.82) is 0 Å². The van der Waals surface area contributed by atoms with Crippen LogP contribution in [0.15, 0.2) is 41.8 Å². The van der Waals surface area contributed by atoms with Crippen LogP contribution in [0.25, 0.3) is 10.1 Å². The molecule has 2 N–H and O–H groups in total. The van der Waals surface area contributed by atoms with Gasteiger partial charge in [-0.05, 0) is 35.4 Å². The Bertz CT molecular complexity index is 947. The van der Waals surface area contributed by atoms with Crippen molar-refractivity contribution >= 4 is 50.7 Å². The van der Waals surface area contributed by atoms with E-state index < -0.39 is 24.5 Å². The van der Waals surface area contributed by atoms with Crippen molar-refractivity contribution < 1.29 is 19.1 Å². The molecule has 3 rings (SSSR count). The van der Waals surface area contributed by atoms with Crippen LogP contribution in [0.1, 0.15) is 20.1 Å². The standard InChI is InChI=1S/C18H16N2O4S2/c1-11-13-6-2-3-7-14(13)26-16(11)17(22)24-10-15(21)20-18(23)19-9-12-5-4-8-25-12/h2-8H,9-10H2,1H3,(H2,19,20,21,23). The van der Waals surface area contributed by atoms with Crippen LogP contribution in [0.3, 0.4) is 0 Å². The minimum absolute atomic E-state index is 0.331. The normalized spacial score (nSPS) is 10.5. The summed E-state index contributed by atoms with van der Waals surface area (Å²) in [6, 6.07) is 10.8. The lowest BCUT2D eigenvalue weighted by molar-refractivity contribution is -0.123. The number of urea groups is 1. The third-order valence-electron chi connectivity index (χ3n) is 3.62. The molecule has 0 aliphatic rings. The Balaban J connectivity index is 1.49. The number of ether oxygens (including phenoxy) is 1. The highest BCUT2D eigenvalue weighted by molar-refractivity contribution is 7.21. The van der Waals surface area contributed by atoms with E-state index in [2.05, 4.69) is 10.6 Å². The van der Waals surface area contributed by atoms with E-state index in [4.69, 9.17) is 4.74 Å². The van der Waals surface area contributed by atoms with E-state index in [-0.39, 0.29) is 0 Å². The maximum Gasteiger partial charge on any atom is 0.349 e. The van der Waals surface area contributed by atoms with E-state index in [0.29, 0.717) is 11.4 Å². The van der Waals surface area contributed by atoms with Crippen LogP contribution in [0.4, 0.5) is 4.79 Å². The van der Waals surface area contributed by atoms with Gasteiger partial charge in [0.15, 0.2) is 6.61 Å². The van der Waals surface area contributed by atoms with Crippen molar-refractivity contribution in [2.24, 2.45) is 0 Å². The Morgan fingerprint density at radius 2 is 1.92 bits per heavy atom. The maximum absolute atomic E-state index is 12.2. The number of hydrogen-bond donors (Lipinski definition) is 2. The SMILES string of the molecule is Cc1c(C(=O)OCC(=O)NC(=O)NCc2cccs2)sc2ccccc12. The Hall–Kier alpha value is -2.71. The smallest absolute Gasteiger partial charge is 0.349 e. The molecule has 0 atom stereocenters. The number of hydrogen-bond acceptors (Lipinski definition) is 6. The molecule has 2 aromatic heterocycles. The third-order valence-corrected chi connectivity index (χ3v) is 5.75. The second-order valence-electron chi connectivity index (χ2n) is 5.44. The van der Waals surface area contributed by atoms with Crippen molar-refractivity contribution in [2.75, 3.05) is 6.61 Å². The second-order valence-corrected chi connectivity index (χ2v) is 7.52. The van der Waals surface area contributed by atoms with Crippen LogP contribution >= 0.6 is 22.7 Å². The number of benzene rings is 1. The molecule has 0 radical (unpaired) electrons. The number of carbonyl (C=O) groups is 3. The van der Waals surface area contributed by atoms with Crippen molar-refractivity contribution in [2.45, 2.75) is 13.5 Å². The van der Waals surface area contributed by atoms with Crippen LogP contribution in [-0.4, -0.2) is 24.5 Å². The largest absolute Gasteiger partial charge is 0.451 e. The van der Waals surface area contributed by atoms with Gasteiger partial charge in [-0.15, -0.1) is 22.7 Å². The molecule has 3 aromatic rings. The summed E-state index contributed by atoms with van der Waals surface area (Å²) in [5, 5.41) is 7.58. The number of nitrogens with one attached hydrogen (secondary N) is 2. The van der Waals surface area contributed by atoms with Gasteiger partial charge in [0.25, 0.3) is 5.91 Å². The van der Waals surface area contributed by atoms with Crippen LogP contribution in [-0.2, 0) is 16.1 Å². The highest BCUT2D eigenvalue weighted by Gasteiger charge is 2.18. The zero-order valence-electron chi connectivity index (χ0n) is 13.9. The third kappa shape index (κ3) is 4.27. The zero-order valence-corrected chi connectivity index (χ0v) is 15.5. The highest BCUT2D eigenvalue weighted by atomic mass is 32.1. The lowest BCUT2D eigenvalue weighted by Gasteiger charge is -2.06. The number of esters is 1. The molecule has 1 aromatic carbocycles. The van der Waals surface area contributed by atoms with E-state index >= 15 is 0 Å². The summed E-state index contributed by atoms with van der Waals surface area (Å²) in [6.45, 7) is 1.66. The topological polar surface area (TPSA) is 84.5 Å². The summed E-state index contributed by atoms with van der Waals surface area (Å²) < 4.78 is 6.01. The molecule has 26 heavy (non-hydrogen) atoms. The Labute approximate surface area is 157 Å². The van der Waals surface area contributed by atoms with Gasteiger partial charge < -0.3 is 10.1 Å². The van der Waals surface area contributed by atoms with Gasteiger partial charge in [0, 0.05) is 9.58 Å². The Morgan fingerprint density at radius 3 is 2.65 bits per heavy atom. The molecule has 0 saturated carbocycles. The van der Waals surface area contributed by atoms with Crippen LogP contribution in [0, 0.1) is 6.92 Å². The molecule has 3 amide bonds. The number of aryl methyl sites for hydroxylation is 1. The average molecular weight is 388 g/mol. The van der Waals surface area contributed by atoms with E-state index in [0.717, 1.165) is 20.5 Å². The van der Waals surface area contributed by atoms with Gasteiger partial charge in [0.05, 0.1) is 6.54 Å². The van der Waals surface area contributed by atoms with Gasteiger partial charge >= 0.3 is 12.0 Å². The van der Waals surface area contributed by atoms with Crippen molar-refractivity contribution in [3.05, 3.63) is 57.1 Å². The Morgan fingerprint density at radius 1 is 1.12 bits per heavy atom. The predicted molar refractivity (Wildman–Crippen MR) is 102 cm³/mol. The molecule has 0 bridgehead atoms. The fraction of sp³-hybridized carbons (Fsp3) is 0.167. The molecule has 0 aliphatic heterocycles. The monoisotopic (exact) mass is 388 g/mol. The van der Waals surface area contributed by atoms with Gasteiger partial charge in [-0.25, -0.2) is 9.59 Å². The summed E-state index contributed by atoms with van der Waals surface area (Å²) in [5.41, 5.74) is 0.824. The summed E-state index contributed by atoms with van der Waals surface area (Å²) in [4.78, 5) is 37.1. The van der Waals surface area contributed by atoms with Crippen LogP contribution in [0.5, 0.6) is 0 Å².